The number of rotatable bonds is 11. The molecular weight excluding hydrogens is 661 g/mol. The summed E-state index contributed by atoms with van der Waals surface area (Å²) in [6, 6.07) is 32.1. The molecule has 7 rings (SSSR count). The van der Waals surface area contributed by atoms with Crippen LogP contribution in [-0.2, 0) is 6.42 Å². The summed E-state index contributed by atoms with van der Waals surface area (Å²) in [4.78, 5) is 13.7. The Morgan fingerprint density at radius 1 is 0.685 bits per heavy atom. The van der Waals surface area contributed by atoms with Gasteiger partial charge in [-0.25, -0.2) is 0 Å². The molecule has 0 saturated heterocycles. The molecule has 3 aromatic heterocycles. The predicted molar refractivity (Wildman–Crippen MR) is 229 cm³/mol. The van der Waals surface area contributed by atoms with Crippen LogP contribution in [0.4, 0.5) is 0 Å². The van der Waals surface area contributed by atoms with Crippen LogP contribution in [-0.4, -0.2) is 21.2 Å². The fourth-order valence-electron chi connectivity index (χ4n) is 6.79. The second kappa shape index (κ2) is 16.0. The maximum absolute atomic E-state index is 7.78. The molecule has 0 aliphatic carbocycles. The molecule has 0 fully saturated rings. The molecule has 0 aliphatic heterocycles. The van der Waals surface area contributed by atoms with Crippen molar-refractivity contribution in [1.29, 1.82) is 5.41 Å². The molecule has 262 valence electrons. The molecule has 0 radical (unpaired) electrons. The van der Waals surface area contributed by atoms with E-state index in [1.807, 2.05) is 55.9 Å². The van der Waals surface area contributed by atoms with Crippen LogP contribution in [0.15, 0.2) is 171 Å². The van der Waals surface area contributed by atoms with Gasteiger partial charge in [0, 0.05) is 53.9 Å². The summed E-state index contributed by atoms with van der Waals surface area (Å²) in [6.45, 7) is 5.79. The minimum absolute atomic E-state index is 0.706. The van der Waals surface area contributed by atoms with Crippen LogP contribution in [0.25, 0.3) is 71.3 Å². The molecule has 0 spiro atoms. The number of fused-ring (bicyclic) bond motifs is 6. The van der Waals surface area contributed by atoms with E-state index in [1.54, 1.807) is 24.5 Å². The van der Waals surface area contributed by atoms with Crippen LogP contribution >= 0.6 is 0 Å². The minimum Gasteiger partial charge on any atom is -0.405 e. The van der Waals surface area contributed by atoms with Gasteiger partial charge in [-0.3, -0.25) is 15.0 Å². The number of hydrogen-bond acceptors (Lipinski definition) is 6. The van der Waals surface area contributed by atoms with Crippen molar-refractivity contribution >= 4 is 55.3 Å². The first-order valence-electron chi connectivity index (χ1n) is 17.7. The van der Waals surface area contributed by atoms with E-state index in [-0.39, 0.29) is 0 Å². The highest BCUT2D eigenvalue weighted by atomic mass is 14.7. The number of aromatic nitrogens is 3. The standard InChI is InChI=1S/C48H40N6/c1-3-7-38(28-51)48-21-16-40(31-54-48)36-14-18-42-44-24-34(37(27-50)11-4-9-33-10-6-23-52-29-33)12-17-41(44)45-25-35(13-19-43(45)46(42)26-36)39-15-20-47(53-30-39)32(2)8-5-22-49/h3-8,10-31,51H,1,9,49-50H2,2H3/b11-4-,22-5-,32-8+,37-27+,38-7+,51-28?. The van der Waals surface area contributed by atoms with Crippen molar-refractivity contribution in [3.05, 3.63) is 194 Å². The Labute approximate surface area is 315 Å². The van der Waals surface area contributed by atoms with Crippen molar-refractivity contribution in [2.24, 2.45) is 11.5 Å². The molecule has 7 aromatic rings. The quantitative estimate of drug-likeness (QED) is 0.0706. The van der Waals surface area contributed by atoms with Gasteiger partial charge < -0.3 is 16.9 Å². The van der Waals surface area contributed by atoms with E-state index in [0.29, 0.717) is 5.57 Å². The Morgan fingerprint density at radius 2 is 1.31 bits per heavy atom. The molecule has 6 heteroatoms. The van der Waals surface area contributed by atoms with Gasteiger partial charge in [0.2, 0.25) is 0 Å². The number of nitrogens with one attached hydrogen (secondary N) is 1. The number of allylic oxidation sites excluding steroid dienone is 9. The van der Waals surface area contributed by atoms with Crippen molar-refractivity contribution in [2.75, 3.05) is 0 Å². The van der Waals surface area contributed by atoms with E-state index in [2.05, 4.69) is 101 Å². The van der Waals surface area contributed by atoms with Gasteiger partial charge in [0.25, 0.3) is 0 Å². The first kappa shape index (κ1) is 35.2. The van der Waals surface area contributed by atoms with Crippen molar-refractivity contribution in [1.82, 2.24) is 15.0 Å². The van der Waals surface area contributed by atoms with Crippen molar-refractivity contribution in [3.63, 3.8) is 0 Å². The van der Waals surface area contributed by atoms with Crippen LogP contribution in [0.5, 0.6) is 0 Å². The summed E-state index contributed by atoms with van der Waals surface area (Å²) in [7, 11) is 0. The molecule has 4 aromatic carbocycles. The van der Waals surface area contributed by atoms with E-state index in [4.69, 9.17) is 21.9 Å². The van der Waals surface area contributed by atoms with Gasteiger partial charge in [-0.15, -0.1) is 0 Å². The molecule has 0 atom stereocenters. The summed E-state index contributed by atoms with van der Waals surface area (Å²) in [5, 5.41) is 14.7. The lowest BCUT2D eigenvalue weighted by Gasteiger charge is -2.15. The van der Waals surface area contributed by atoms with Crippen LogP contribution in [0, 0.1) is 5.41 Å². The van der Waals surface area contributed by atoms with Crippen molar-refractivity contribution < 1.29 is 0 Å². The van der Waals surface area contributed by atoms with Crippen LogP contribution in [0.3, 0.4) is 0 Å². The third-order valence-electron chi connectivity index (χ3n) is 9.62. The van der Waals surface area contributed by atoms with E-state index < -0.39 is 0 Å². The Kier molecular flexibility index (Phi) is 10.4. The topological polar surface area (TPSA) is 115 Å². The second-order valence-corrected chi connectivity index (χ2v) is 13.0. The smallest absolute Gasteiger partial charge is 0.0717 e. The van der Waals surface area contributed by atoms with Gasteiger partial charge >= 0.3 is 0 Å². The number of hydrogen-bond donors (Lipinski definition) is 3. The third-order valence-corrected chi connectivity index (χ3v) is 9.62. The Hall–Kier alpha value is -7.18. The molecule has 0 amide bonds. The lowest BCUT2D eigenvalue weighted by atomic mass is 9.89. The van der Waals surface area contributed by atoms with E-state index in [1.165, 1.54) is 12.4 Å². The average Bonchev–Trinajstić information content (AvgIpc) is 3.23. The fourth-order valence-corrected chi connectivity index (χ4v) is 6.79. The fraction of sp³-hybridized carbons (Fsp3) is 0.0417. The van der Waals surface area contributed by atoms with E-state index in [0.717, 1.165) is 94.7 Å². The molecular formula is C48H40N6. The largest absolute Gasteiger partial charge is 0.405 e. The lowest BCUT2D eigenvalue weighted by Crippen LogP contribution is -1.92. The molecule has 3 heterocycles. The van der Waals surface area contributed by atoms with Crippen LogP contribution in [0.2, 0.25) is 0 Å². The summed E-state index contributed by atoms with van der Waals surface area (Å²) < 4.78 is 0. The molecule has 0 bridgehead atoms. The van der Waals surface area contributed by atoms with Gasteiger partial charge in [0.1, 0.15) is 0 Å². The SMILES string of the molecule is C=C/C=C(\C=N)c1ccc(-c2ccc3c4cc(C(/C=C\Cc5cccnc5)=C/N)ccc4c4cc(-c5ccc(/C(C)=C/C=C\N)nc5)ccc4c3c2)cn1. The Balaban J connectivity index is 1.37. The lowest BCUT2D eigenvalue weighted by molar-refractivity contribution is 1.19. The maximum atomic E-state index is 7.78. The van der Waals surface area contributed by atoms with Gasteiger partial charge in [-0.2, -0.15) is 0 Å². The monoisotopic (exact) mass is 700 g/mol. The maximum Gasteiger partial charge on any atom is 0.0717 e. The Bertz CT molecular complexity index is 2660. The number of nitrogens with zero attached hydrogens (tertiary/aromatic N) is 3. The van der Waals surface area contributed by atoms with Crippen LogP contribution < -0.4 is 11.5 Å². The third kappa shape index (κ3) is 7.27. The molecule has 0 saturated carbocycles. The summed E-state index contributed by atoms with van der Waals surface area (Å²) >= 11 is 0. The van der Waals surface area contributed by atoms with Gasteiger partial charge in [-0.05, 0) is 128 Å². The van der Waals surface area contributed by atoms with Gasteiger partial charge in [-0.1, -0.05) is 91.6 Å². The first-order valence-corrected chi connectivity index (χ1v) is 17.7. The number of pyridine rings is 3. The summed E-state index contributed by atoms with van der Waals surface area (Å²) in [5.74, 6) is 0. The molecule has 54 heavy (non-hydrogen) atoms. The molecule has 0 aliphatic rings. The first-order chi connectivity index (χ1) is 26.5. The highest BCUT2D eigenvalue weighted by Crippen LogP contribution is 2.40. The molecule has 5 N–H and O–H groups in total. The van der Waals surface area contributed by atoms with Crippen molar-refractivity contribution in [3.8, 4) is 22.3 Å². The van der Waals surface area contributed by atoms with Crippen molar-refractivity contribution in [2.45, 2.75) is 13.3 Å². The minimum atomic E-state index is 0.706. The van der Waals surface area contributed by atoms with E-state index >= 15 is 0 Å². The zero-order valence-corrected chi connectivity index (χ0v) is 30.1. The number of nitrogens with two attached hydrogens (primary N) is 2. The average molecular weight is 701 g/mol. The summed E-state index contributed by atoms with van der Waals surface area (Å²) in [5.41, 5.74) is 22.4. The molecule has 0 unspecified atom stereocenters. The molecule has 6 nitrogen and oxygen atoms in total. The second-order valence-electron chi connectivity index (χ2n) is 13.0. The summed E-state index contributed by atoms with van der Waals surface area (Å²) in [6.07, 6.45) is 24.1. The zero-order chi connectivity index (χ0) is 37.4. The van der Waals surface area contributed by atoms with E-state index in [9.17, 15) is 0 Å². The Morgan fingerprint density at radius 3 is 1.87 bits per heavy atom. The zero-order valence-electron chi connectivity index (χ0n) is 30.1. The van der Waals surface area contributed by atoms with Crippen LogP contribution in [0.1, 0.15) is 29.4 Å². The highest BCUT2D eigenvalue weighted by molar-refractivity contribution is 6.26. The van der Waals surface area contributed by atoms with Gasteiger partial charge in [0.15, 0.2) is 0 Å². The normalized spacial score (nSPS) is 12.7. The number of benzene rings is 4. The van der Waals surface area contributed by atoms with Gasteiger partial charge in [0.05, 0.1) is 11.4 Å². The predicted octanol–water partition coefficient (Wildman–Crippen LogP) is 10.9. The highest BCUT2D eigenvalue weighted by Gasteiger charge is 2.14.